The Balaban J connectivity index is 1.58. The molecule has 6 heteroatoms. The first-order valence-corrected chi connectivity index (χ1v) is 10.7. The molecule has 0 unspecified atom stereocenters. The zero-order valence-electron chi connectivity index (χ0n) is 16.4. The van der Waals surface area contributed by atoms with Gasteiger partial charge in [0.2, 0.25) is 0 Å². The summed E-state index contributed by atoms with van der Waals surface area (Å²) >= 11 is 3.05. The molecule has 29 heavy (non-hydrogen) atoms. The summed E-state index contributed by atoms with van der Waals surface area (Å²) in [6.45, 7) is 2.04. The molecule has 0 saturated carbocycles. The topological polar surface area (TPSA) is 41.9 Å². The fraction of sp³-hybridized carbons (Fsp3) is 0.130. The van der Waals surface area contributed by atoms with Crippen molar-refractivity contribution in [2.24, 2.45) is 4.99 Å². The molecule has 2 aromatic carbocycles. The highest BCUT2D eigenvalue weighted by Crippen LogP contribution is 2.36. The smallest absolute Gasteiger partial charge is 0.266 e. The number of aryl methyl sites for hydroxylation is 1. The molecular formula is C23H20N2O2S2. The number of rotatable bonds is 4. The third-order valence-electron chi connectivity index (χ3n) is 4.52. The normalized spacial score (nSPS) is 16.8. The molecule has 2 heterocycles. The lowest BCUT2D eigenvalue weighted by Gasteiger charge is -2.07. The van der Waals surface area contributed by atoms with Gasteiger partial charge < -0.3 is 4.74 Å². The number of aliphatic imine (C=N–C) groups is 1. The SMILES string of the molecule is COc1cccc(-c2ccc(C=C3SC(=Nc4ccc(C)cc4)N(C)C3=O)s2)c1. The molecule has 4 rings (SSSR count). The monoisotopic (exact) mass is 420 g/mol. The van der Waals surface area contributed by atoms with Gasteiger partial charge in [0.15, 0.2) is 5.17 Å². The molecule has 0 N–H and O–H groups in total. The van der Waals surface area contributed by atoms with Crippen LogP contribution in [0.1, 0.15) is 10.4 Å². The average molecular weight is 421 g/mol. The highest BCUT2D eigenvalue weighted by atomic mass is 32.2. The van der Waals surface area contributed by atoms with E-state index in [1.807, 2.05) is 61.5 Å². The fourth-order valence-electron chi connectivity index (χ4n) is 2.87. The van der Waals surface area contributed by atoms with Gasteiger partial charge in [-0.15, -0.1) is 11.3 Å². The standard InChI is InChI=1S/C23H20N2O2S2/c1-15-7-9-17(10-8-15)24-23-25(2)22(26)21(29-23)14-19-11-12-20(28-19)16-5-4-6-18(13-16)27-3/h4-14H,1-3H3. The van der Waals surface area contributed by atoms with Crippen molar-refractivity contribution >= 4 is 45.9 Å². The molecule has 1 fully saturated rings. The van der Waals surface area contributed by atoms with Gasteiger partial charge in [0.1, 0.15) is 5.75 Å². The van der Waals surface area contributed by atoms with E-state index in [0.29, 0.717) is 10.1 Å². The van der Waals surface area contributed by atoms with Crippen LogP contribution in [0.5, 0.6) is 5.75 Å². The van der Waals surface area contributed by atoms with Crippen LogP contribution in [-0.4, -0.2) is 30.1 Å². The van der Waals surface area contributed by atoms with E-state index >= 15 is 0 Å². The summed E-state index contributed by atoms with van der Waals surface area (Å²) in [6.07, 6.45) is 1.94. The Hall–Kier alpha value is -2.83. The van der Waals surface area contributed by atoms with E-state index < -0.39 is 0 Å². The van der Waals surface area contributed by atoms with Gasteiger partial charge in [-0.1, -0.05) is 29.8 Å². The third kappa shape index (κ3) is 4.28. The first kappa shape index (κ1) is 19.5. The second kappa shape index (κ2) is 8.27. The summed E-state index contributed by atoms with van der Waals surface area (Å²) in [5.41, 5.74) is 3.13. The third-order valence-corrected chi connectivity index (χ3v) is 6.66. The lowest BCUT2D eigenvalue weighted by Crippen LogP contribution is -2.23. The van der Waals surface area contributed by atoms with Crippen LogP contribution in [0.25, 0.3) is 16.5 Å². The van der Waals surface area contributed by atoms with E-state index in [0.717, 1.165) is 26.8 Å². The fourth-order valence-corrected chi connectivity index (χ4v) is 4.87. The Labute approximate surface area is 178 Å². The molecular weight excluding hydrogens is 400 g/mol. The van der Waals surface area contributed by atoms with Gasteiger partial charge in [0.05, 0.1) is 17.7 Å². The number of methoxy groups -OCH3 is 1. The zero-order chi connectivity index (χ0) is 20.4. The molecule has 146 valence electrons. The number of amidine groups is 1. The molecule has 1 aromatic heterocycles. The van der Waals surface area contributed by atoms with Crippen molar-refractivity contribution in [3.05, 3.63) is 76.0 Å². The minimum Gasteiger partial charge on any atom is -0.497 e. The molecule has 0 radical (unpaired) electrons. The molecule has 1 amide bonds. The number of likely N-dealkylation sites (N-methyl/N-ethyl adjacent to an activating group) is 1. The number of ether oxygens (including phenoxy) is 1. The van der Waals surface area contributed by atoms with E-state index in [9.17, 15) is 4.79 Å². The maximum atomic E-state index is 12.7. The van der Waals surface area contributed by atoms with Gasteiger partial charge in [0.25, 0.3) is 5.91 Å². The van der Waals surface area contributed by atoms with Gasteiger partial charge in [0, 0.05) is 16.8 Å². The molecule has 3 aromatic rings. The number of carbonyl (C=O) groups is 1. The summed E-state index contributed by atoms with van der Waals surface area (Å²) in [7, 11) is 3.43. The van der Waals surface area contributed by atoms with Crippen LogP contribution < -0.4 is 4.74 Å². The molecule has 4 nitrogen and oxygen atoms in total. The quantitative estimate of drug-likeness (QED) is 0.489. The highest BCUT2D eigenvalue weighted by Gasteiger charge is 2.30. The highest BCUT2D eigenvalue weighted by molar-refractivity contribution is 8.18. The van der Waals surface area contributed by atoms with Crippen molar-refractivity contribution < 1.29 is 9.53 Å². The van der Waals surface area contributed by atoms with E-state index in [1.54, 1.807) is 30.4 Å². The van der Waals surface area contributed by atoms with Crippen LogP contribution in [0, 0.1) is 6.92 Å². The minimum atomic E-state index is -0.0304. The Morgan fingerprint density at radius 2 is 1.86 bits per heavy atom. The van der Waals surface area contributed by atoms with E-state index in [4.69, 9.17) is 4.74 Å². The lowest BCUT2D eigenvalue weighted by molar-refractivity contribution is -0.121. The number of amides is 1. The first-order valence-electron chi connectivity index (χ1n) is 9.11. The second-order valence-electron chi connectivity index (χ2n) is 6.64. The molecule has 0 spiro atoms. The van der Waals surface area contributed by atoms with Crippen molar-refractivity contribution in [1.82, 2.24) is 4.90 Å². The van der Waals surface area contributed by atoms with Crippen molar-refractivity contribution in [3.8, 4) is 16.2 Å². The van der Waals surface area contributed by atoms with Crippen LogP contribution in [0.15, 0.2) is 70.6 Å². The van der Waals surface area contributed by atoms with Crippen molar-refractivity contribution in [1.29, 1.82) is 0 Å². The van der Waals surface area contributed by atoms with E-state index in [-0.39, 0.29) is 5.91 Å². The summed E-state index contributed by atoms with van der Waals surface area (Å²) in [4.78, 5) is 21.7. The molecule has 0 bridgehead atoms. The molecule has 1 aliphatic heterocycles. The molecule has 1 saturated heterocycles. The molecule has 0 atom stereocenters. The molecule has 0 aliphatic carbocycles. The van der Waals surface area contributed by atoms with E-state index in [1.165, 1.54) is 17.3 Å². The number of benzene rings is 2. The van der Waals surface area contributed by atoms with Crippen LogP contribution in [0.4, 0.5) is 5.69 Å². The number of hydrogen-bond acceptors (Lipinski definition) is 5. The van der Waals surface area contributed by atoms with Crippen LogP contribution in [0.3, 0.4) is 0 Å². The second-order valence-corrected chi connectivity index (χ2v) is 8.76. The summed E-state index contributed by atoms with van der Waals surface area (Å²) < 4.78 is 5.31. The van der Waals surface area contributed by atoms with Gasteiger partial charge >= 0.3 is 0 Å². The Bertz CT molecular complexity index is 1110. The van der Waals surface area contributed by atoms with Crippen LogP contribution in [-0.2, 0) is 4.79 Å². The number of carbonyl (C=O) groups excluding carboxylic acids is 1. The number of thiophene rings is 1. The Morgan fingerprint density at radius 1 is 1.07 bits per heavy atom. The summed E-state index contributed by atoms with van der Waals surface area (Å²) in [5, 5.41) is 0.690. The Morgan fingerprint density at radius 3 is 2.62 bits per heavy atom. The predicted octanol–water partition coefficient (Wildman–Crippen LogP) is 5.97. The average Bonchev–Trinajstić information content (AvgIpc) is 3.31. The number of hydrogen-bond donors (Lipinski definition) is 0. The van der Waals surface area contributed by atoms with Gasteiger partial charge in [-0.05, 0) is 66.7 Å². The summed E-state index contributed by atoms with van der Waals surface area (Å²) in [5.74, 6) is 0.799. The largest absolute Gasteiger partial charge is 0.497 e. The predicted molar refractivity (Wildman–Crippen MR) is 123 cm³/mol. The van der Waals surface area contributed by atoms with Gasteiger partial charge in [-0.25, -0.2) is 4.99 Å². The number of thioether (sulfide) groups is 1. The van der Waals surface area contributed by atoms with Gasteiger partial charge in [-0.2, -0.15) is 0 Å². The first-order chi connectivity index (χ1) is 14.0. The van der Waals surface area contributed by atoms with Crippen LogP contribution >= 0.6 is 23.1 Å². The van der Waals surface area contributed by atoms with Gasteiger partial charge in [-0.3, -0.25) is 9.69 Å². The van der Waals surface area contributed by atoms with E-state index in [2.05, 4.69) is 17.1 Å². The maximum Gasteiger partial charge on any atom is 0.266 e. The summed E-state index contributed by atoms with van der Waals surface area (Å²) in [6, 6.07) is 20.0. The lowest BCUT2D eigenvalue weighted by atomic mass is 10.2. The van der Waals surface area contributed by atoms with Crippen molar-refractivity contribution in [3.63, 3.8) is 0 Å². The maximum absolute atomic E-state index is 12.7. The zero-order valence-corrected chi connectivity index (χ0v) is 18.0. The number of nitrogens with zero attached hydrogens (tertiary/aromatic N) is 2. The van der Waals surface area contributed by atoms with Crippen molar-refractivity contribution in [2.45, 2.75) is 6.92 Å². The minimum absolute atomic E-state index is 0.0304. The Kier molecular flexibility index (Phi) is 5.56. The van der Waals surface area contributed by atoms with Crippen molar-refractivity contribution in [2.75, 3.05) is 14.2 Å². The molecule has 1 aliphatic rings. The van der Waals surface area contributed by atoms with Crippen LogP contribution in [0.2, 0.25) is 0 Å².